The first-order chi connectivity index (χ1) is 11.5. The standard InChI is InChI=1S/C17H21FN4O2/c1-21-11-13(10-20-21)8-15-16(23)5-6-22(15)17(24)19-9-12-3-2-4-14(18)7-12/h2-4,7,10-11,15-16,23H,5-6,8-9H2,1H3,(H,19,24)/t15-,16+/m1/s1. The van der Waals surface area contributed by atoms with Crippen LogP contribution in [0.25, 0.3) is 0 Å². The van der Waals surface area contributed by atoms with E-state index in [2.05, 4.69) is 10.4 Å². The monoisotopic (exact) mass is 332 g/mol. The van der Waals surface area contributed by atoms with E-state index in [-0.39, 0.29) is 24.4 Å². The summed E-state index contributed by atoms with van der Waals surface area (Å²) in [6.45, 7) is 0.754. The number of hydrogen-bond acceptors (Lipinski definition) is 3. The third-order valence-electron chi connectivity index (χ3n) is 4.31. The summed E-state index contributed by atoms with van der Waals surface area (Å²) in [5, 5.41) is 17.1. The van der Waals surface area contributed by atoms with Gasteiger partial charge in [-0.15, -0.1) is 0 Å². The Kier molecular flexibility index (Phi) is 4.80. The summed E-state index contributed by atoms with van der Waals surface area (Å²) < 4.78 is 14.9. The number of rotatable bonds is 4. The van der Waals surface area contributed by atoms with Gasteiger partial charge in [-0.05, 0) is 36.1 Å². The molecule has 7 heteroatoms. The maximum atomic E-state index is 13.2. The van der Waals surface area contributed by atoms with Crippen molar-refractivity contribution < 1.29 is 14.3 Å². The van der Waals surface area contributed by atoms with Gasteiger partial charge in [-0.1, -0.05) is 12.1 Å². The summed E-state index contributed by atoms with van der Waals surface area (Å²) >= 11 is 0. The van der Waals surface area contributed by atoms with E-state index >= 15 is 0 Å². The number of amides is 2. The van der Waals surface area contributed by atoms with Crippen LogP contribution in [0, 0.1) is 5.82 Å². The van der Waals surface area contributed by atoms with Gasteiger partial charge < -0.3 is 15.3 Å². The van der Waals surface area contributed by atoms with Crippen molar-refractivity contribution in [2.75, 3.05) is 6.54 Å². The fourth-order valence-electron chi connectivity index (χ4n) is 3.08. The lowest BCUT2D eigenvalue weighted by molar-refractivity contribution is 0.122. The Bertz CT molecular complexity index is 718. The number of urea groups is 1. The average Bonchev–Trinajstić information content (AvgIpc) is 3.12. The van der Waals surface area contributed by atoms with Gasteiger partial charge in [0.15, 0.2) is 0 Å². The molecule has 0 radical (unpaired) electrons. The van der Waals surface area contributed by atoms with Gasteiger partial charge in [0.05, 0.1) is 18.3 Å². The van der Waals surface area contributed by atoms with Gasteiger partial charge in [-0.2, -0.15) is 5.10 Å². The molecule has 2 heterocycles. The molecule has 24 heavy (non-hydrogen) atoms. The second-order valence-electron chi connectivity index (χ2n) is 6.13. The Balaban J connectivity index is 1.62. The predicted octanol–water partition coefficient (Wildman–Crippen LogP) is 1.45. The molecule has 1 saturated heterocycles. The van der Waals surface area contributed by atoms with E-state index in [4.69, 9.17) is 0 Å². The van der Waals surface area contributed by atoms with Crippen LogP contribution in [-0.2, 0) is 20.0 Å². The number of aryl methyl sites for hydroxylation is 1. The third-order valence-corrected chi connectivity index (χ3v) is 4.31. The number of likely N-dealkylation sites (tertiary alicyclic amines) is 1. The summed E-state index contributed by atoms with van der Waals surface area (Å²) in [5.74, 6) is -0.326. The highest BCUT2D eigenvalue weighted by molar-refractivity contribution is 5.75. The first-order valence-corrected chi connectivity index (χ1v) is 7.97. The van der Waals surface area contributed by atoms with E-state index in [0.29, 0.717) is 24.9 Å². The van der Waals surface area contributed by atoms with E-state index in [1.165, 1.54) is 12.1 Å². The Labute approximate surface area is 139 Å². The topological polar surface area (TPSA) is 70.4 Å². The Morgan fingerprint density at radius 1 is 1.46 bits per heavy atom. The Morgan fingerprint density at radius 2 is 2.29 bits per heavy atom. The van der Waals surface area contributed by atoms with Gasteiger partial charge in [0.25, 0.3) is 0 Å². The molecule has 2 atom stereocenters. The van der Waals surface area contributed by atoms with E-state index < -0.39 is 6.10 Å². The van der Waals surface area contributed by atoms with Gasteiger partial charge in [0, 0.05) is 26.3 Å². The number of hydrogen-bond donors (Lipinski definition) is 2. The molecule has 0 spiro atoms. The normalized spacial score (nSPS) is 20.4. The van der Waals surface area contributed by atoms with Gasteiger partial charge in [-0.3, -0.25) is 4.68 Å². The number of halogens is 1. The highest BCUT2D eigenvalue weighted by Crippen LogP contribution is 2.22. The van der Waals surface area contributed by atoms with E-state index in [1.54, 1.807) is 27.9 Å². The quantitative estimate of drug-likeness (QED) is 0.890. The van der Waals surface area contributed by atoms with Crippen LogP contribution >= 0.6 is 0 Å². The largest absolute Gasteiger partial charge is 0.391 e. The molecule has 0 aliphatic carbocycles. The fourth-order valence-corrected chi connectivity index (χ4v) is 3.08. The Hall–Kier alpha value is -2.41. The van der Waals surface area contributed by atoms with Crippen LogP contribution in [0.1, 0.15) is 17.5 Å². The van der Waals surface area contributed by atoms with Crippen molar-refractivity contribution in [1.82, 2.24) is 20.0 Å². The first-order valence-electron chi connectivity index (χ1n) is 7.97. The molecule has 2 aromatic rings. The number of aromatic nitrogens is 2. The lowest BCUT2D eigenvalue weighted by atomic mass is 10.0. The molecular formula is C17H21FN4O2. The minimum Gasteiger partial charge on any atom is -0.391 e. The predicted molar refractivity (Wildman–Crippen MR) is 86.7 cm³/mol. The summed E-state index contributed by atoms with van der Waals surface area (Å²) in [6, 6.07) is 5.61. The molecule has 3 rings (SSSR count). The first kappa shape index (κ1) is 16.4. The molecular weight excluding hydrogens is 311 g/mol. The zero-order valence-electron chi connectivity index (χ0n) is 13.5. The molecule has 1 aromatic heterocycles. The molecule has 2 N–H and O–H groups in total. The molecule has 1 fully saturated rings. The number of benzene rings is 1. The van der Waals surface area contributed by atoms with Gasteiger partial charge in [-0.25, -0.2) is 9.18 Å². The maximum Gasteiger partial charge on any atom is 0.318 e. The number of carbonyl (C=O) groups excluding carboxylic acids is 1. The minimum atomic E-state index is -0.551. The summed E-state index contributed by atoms with van der Waals surface area (Å²) in [5.41, 5.74) is 1.68. The summed E-state index contributed by atoms with van der Waals surface area (Å²) in [6.07, 6.45) is 4.19. The maximum absolute atomic E-state index is 13.2. The van der Waals surface area contributed by atoms with E-state index in [9.17, 15) is 14.3 Å². The lowest BCUT2D eigenvalue weighted by Gasteiger charge is -2.26. The minimum absolute atomic E-state index is 0.246. The number of aliphatic hydroxyl groups is 1. The SMILES string of the molecule is Cn1cc(C[C@@H]2[C@@H](O)CCN2C(=O)NCc2cccc(F)c2)cn1. The summed E-state index contributed by atoms with van der Waals surface area (Å²) in [4.78, 5) is 14.1. The third kappa shape index (κ3) is 3.73. The average molecular weight is 332 g/mol. The van der Waals surface area contributed by atoms with Crippen molar-refractivity contribution in [3.63, 3.8) is 0 Å². The van der Waals surface area contributed by atoms with Crippen molar-refractivity contribution in [3.8, 4) is 0 Å². The molecule has 1 aromatic carbocycles. The van der Waals surface area contributed by atoms with Gasteiger partial charge in [0.1, 0.15) is 5.82 Å². The Morgan fingerprint density at radius 3 is 3.00 bits per heavy atom. The van der Waals surface area contributed by atoms with Crippen LogP contribution in [0.15, 0.2) is 36.7 Å². The summed E-state index contributed by atoms with van der Waals surface area (Å²) in [7, 11) is 1.83. The van der Waals surface area contributed by atoms with Crippen LogP contribution in [0.2, 0.25) is 0 Å². The van der Waals surface area contributed by atoms with E-state index in [1.807, 2.05) is 13.2 Å². The molecule has 2 amide bonds. The van der Waals surface area contributed by atoms with Crippen LogP contribution < -0.4 is 5.32 Å². The van der Waals surface area contributed by atoms with Crippen LogP contribution in [0.4, 0.5) is 9.18 Å². The zero-order chi connectivity index (χ0) is 17.1. The molecule has 1 aliphatic rings. The van der Waals surface area contributed by atoms with Gasteiger partial charge >= 0.3 is 6.03 Å². The van der Waals surface area contributed by atoms with E-state index in [0.717, 1.165) is 5.56 Å². The van der Waals surface area contributed by atoms with Gasteiger partial charge in [0.2, 0.25) is 0 Å². The van der Waals surface area contributed by atoms with Crippen LogP contribution in [0.3, 0.4) is 0 Å². The number of nitrogens with one attached hydrogen (secondary N) is 1. The highest BCUT2D eigenvalue weighted by atomic mass is 19.1. The number of carbonyl (C=O) groups is 1. The molecule has 6 nitrogen and oxygen atoms in total. The molecule has 0 saturated carbocycles. The molecule has 0 unspecified atom stereocenters. The second-order valence-corrected chi connectivity index (χ2v) is 6.13. The lowest BCUT2D eigenvalue weighted by Crippen LogP contribution is -2.46. The van der Waals surface area contributed by atoms with Crippen molar-refractivity contribution in [3.05, 3.63) is 53.6 Å². The van der Waals surface area contributed by atoms with Crippen LogP contribution in [0.5, 0.6) is 0 Å². The number of aliphatic hydroxyl groups excluding tert-OH is 1. The molecule has 128 valence electrons. The van der Waals surface area contributed by atoms with Crippen molar-refractivity contribution in [2.45, 2.75) is 31.5 Å². The smallest absolute Gasteiger partial charge is 0.318 e. The van der Waals surface area contributed by atoms with Crippen molar-refractivity contribution in [2.24, 2.45) is 7.05 Å². The highest BCUT2D eigenvalue weighted by Gasteiger charge is 2.36. The van der Waals surface area contributed by atoms with Crippen molar-refractivity contribution >= 4 is 6.03 Å². The second kappa shape index (κ2) is 7.00. The zero-order valence-corrected chi connectivity index (χ0v) is 13.5. The van der Waals surface area contributed by atoms with Crippen LogP contribution in [-0.4, -0.2) is 44.5 Å². The molecule has 1 aliphatic heterocycles. The van der Waals surface area contributed by atoms with Crippen molar-refractivity contribution in [1.29, 1.82) is 0 Å². The molecule has 0 bridgehead atoms. The number of nitrogens with zero attached hydrogens (tertiary/aromatic N) is 3. The fraction of sp³-hybridized carbons (Fsp3) is 0.412.